The van der Waals surface area contributed by atoms with Crippen molar-refractivity contribution in [2.24, 2.45) is 0 Å². The second kappa shape index (κ2) is 9.93. The summed E-state index contributed by atoms with van der Waals surface area (Å²) in [6.45, 7) is 6.02. The number of ether oxygens (including phenoxy) is 1. The van der Waals surface area contributed by atoms with E-state index in [-0.39, 0.29) is 5.91 Å². The monoisotopic (exact) mass is 379 g/mol. The van der Waals surface area contributed by atoms with Crippen LogP contribution in [0.5, 0.6) is 5.75 Å². The summed E-state index contributed by atoms with van der Waals surface area (Å²) < 4.78 is 8.06. The van der Waals surface area contributed by atoms with E-state index in [9.17, 15) is 4.79 Å². The second-order valence-corrected chi connectivity index (χ2v) is 6.85. The van der Waals surface area contributed by atoms with Crippen LogP contribution in [-0.4, -0.2) is 22.1 Å². The van der Waals surface area contributed by atoms with Gasteiger partial charge in [0.15, 0.2) is 0 Å². The second-order valence-electron chi connectivity index (χ2n) is 6.85. The van der Waals surface area contributed by atoms with Gasteiger partial charge >= 0.3 is 0 Å². The lowest BCUT2D eigenvalue weighted by atomic mass is 10.2. The van der Waals surface area contributed by atoms with Crippen LogP contribution in [0.15, 0.2) is 48.5 Å². The lowest BCUT2D eigenvalue weighted by Gasteiger charge is -2.11. The molecule has 2 aromatic carbocycles. The molecule has 0 saturated heterocycles. The summed E-state index contributed by atoms with van der Waals surface area (Å²) in [5.74, 6) is 1.87. The molecule has 3 rings (SSSR count). The quantitative estimate of drug-likeness (QED) is 0.528. The zero-order valence-corrected chi connectivity index (χ0v) is 16.8. The maximum absolute atomic E-state index is 11.6. The first kappa shape index (κ1) is 19.9. The predicted molar refractivity (Wildman–Crippen MR) is 112 cm³/mol. The molecular formula is C23H29N3O2. The SMILES string of the molecule is CCC(=O)NCc1nc2ccccc2n1CCCCOc1ccc(CC)cc1. The highest BCUT2D eigenvalue weighted by molar-refractivity contribution is 5.77. The molecule has 0 aliphatic carbocycles. The average Bonchev–Trinajstić information content (AvgIpc) is 3.09. The van der Waals surface area contributed by atoms with Crippen molar-refractivity contribution in [1.29, 1.82) is 0 Å². The molecule has 1 amide bonds. The number of aromatic nitrogens is 2. The molecule has 0 saturated carbocycles. The summed E-state index contributed by atoms with van der Waals surface area (Å²) in [6, 6.07) is 16.4. The molecule has 5 nitrogen and oxygen atoms in total. The standard InChI is InChI=1S/C23H29N3O2/c1-3-18-11-13-19(14-12-18)28-16-8-7-15-26-21-10-6-5-9-20(21)25-22(26)17-24-23(27)4-2/h5-6,9-14H,3-4,7-8,15-17H2,1-2H3,(H,24,27). The Labute approximate surface area is 166 Å². The molecule has 0 radical (unpaired) electrons. The average molecular weight is 380 g/mol. The van der Waals surface area contributed by atoms with Gasteiger partial charge in [0.1, 0.15) is 11.6 Å². The number of rotatable bonds is 10. The number of hydrogen-bond donors (Lipinski definition) is 1. The van der Waals surface area contributed by atoms with E-state index < -0.39 is 0 Å². The van der Waals surface area contributed by atoms with Crippen LogP contribution in [0, 0.1) is 0 Å². The number of amides is 1. The molecular weight excluding hydrogens is 350 g/mol. The highest BCUT2D eigenvalue weighted by Crippen LogP contribution is 2.18. The van der Waals surface area contributed by atoms with E-state index in [1.54, 1.807) is 0 Å². The van der Waals surface area contributed by atoms with Gasteiger partial charge in [-0.1, -0.05) is 38.1 Å². The zero-order chi connectivity index (χ0) is 19.8. The molecule has 1 N–H and O–H groups in total. The molecule has 0 aliphatic heterocycles. The van der Waals surface area contributed by atoms with Crippen LogP contribution in [0.25, 0.3) is 11.0 Å². The van der Waals surface area contributed by atoms with E-state index >= 15 is 0 Å². The van der Waals surface area contributed by atoms with Crippen LogP contribution in [0.3, 0.4) is 0 Å². The summed E-state index contributed by atoms with van der Waals surface area (Å²) in [7, 11) is 0. The van der Waals surface area contributed by atoms with Gasteiger partial charge in [0.05, 0.1) is 24.2 Å². The van der Waals surface area contributed by atoms with Crippen LogP contribution in [0.4, 0.5) is 0 Å². The molecule has 1 heterocycles. The number of benzene rings is 2. The Hall–Kier alpha value is -2.82. The van der Waals surface area contributed by atoms with E-state index in [1.165, 1.54) is 5.56 Å². The third-order valence-corrected chi connectivity index (χ3v) is 4.87. The van der Waals surface area contributed by atoms with Crippen molar-refractivity contribution in [3.63, 3.8) is 0 Å². The van der Waals surface area contributed by atoms with Crippen molar-refractivity contribution in [1.82, 2.24) is 14.9 Å². The van der Waals surface area contributed by atoms with Gasteiger partial charge in [-0.15, -0.1) is 0 Å². The fourth-order valence-electron chi connectivity index (χ4n) is 3.20. The van der Waals surface area contributed by atoms with E-state index in [2.05, 4.69) is 35.0 Å². The van der Waals surface area contributed by atoms with Crippen molar-refractivity contribution in [2.75, 3.05) is 6.61 Å². The number of nitrogens with one attached hydrogen (secondary N) is 1. The topological polar surface area (TPSA) is 56.2 Å². The van der Waals surface area contributed by atoms with Gasteiger partial charge in [-0.2, -0.15) is 0 Å². The largest absolute Gasteiger partial charge is 0.494 e. The fraction of sp³-hybridized carbons (Fsp3) is 0.391. The highest BCUT2D eigenvalue weighted by Gasteiger charge is 2.11. The van der Waals surface area contributed by atoms with E-state index in [4.69, 9.17) is 9.72 Å². The van der Waals surface area contributed by atoms with E-state index in [1.807, 2.05) is 37.3 Å². The Morgan fingerprint density at radius 2 is 1.86 bits per heavy atom. The minimum Gasteiger partial charge on any atom is -0.494 e. The smallest absolute Gasteiger partial charge is 0.220 e. The first-order chi connectivity index (χ1) is 13.7. The van der Waals surface area contributed by atoms with Crippen LogP contribution in [0.2, 0.25) is 0 Å². The predicted octanol–water partition coefficient (Wildman–Crippen LogP) is 4.48. The van der Waals surface area contributed by atoms with Crippen LogP contribution < -0.4 is 10.1 Å². The Kier molecular flexibility index (Phi) is 7.06. The molecule has 0 aliphatic rings. The maximum atomic E-state index is 11.6. The van der Waals surface area contributed by atoms with Crippen LogP contribution in [0.1, 0.15) is 44.5 Å². The van der Waals surface area contributed by atoms with Gasteiger partial charge in [0.2, 0.25) is 5.91 Å². The number of carbonyl (C=O) groups is 1. The Morgan fingerprint density at radius 1 is 1.07 bits per heavy atom. The van der Waals surface area contributed by atoms with Gasteiger partial charge < -0.3 is 14.6 Å². The minimum absolute atomic E-state index is 0.0427. The number of hydrogen-bond acceptors (Lipinski definition) is 3. The van der Waals surface area contributed by atoms with Crippen LogP contribution >= 0.6 is 0 Å². The molecule has 148 valence electrons. The van der Waals surface area contributed by atoms with E-state index in [0.717, 1.165) is 48.4 Å². The van der Waals surface area contributed by atoms with Crippen molar-refractivity contribution >= 4 is 16.9 Å². The summed E-state index contributed by atoms with van der Waals surface area (Å²) in [4.78, 5) is 16.3. The molecule has 28 heavy (non-hydrogen) atoms. The van der Waals surface area contributed by atoms with Gasteiger partial charge in [0, 0.05) is 13.0 Å². The highest BCUT2D eigenvalue weighted by atomic mass is 16.5. The summed E-state index contributed by atoms with van der Waals surface area (Å²) in [5.41, 5.74) is 3.40. The maximum Gasteiger partial charge on any atom is 0.220 e. The molecule has 3 aromatic rings. The Morgan fingerprint density at radius 3 is 2.61 bits per heavy atom. The Bertz CT molecular complexity index is 900. The normalized spacial score (nSPS) is 10.9. The number of nitrogens with zero attached hydrogens (tertiary/aromatic N) is 2. The Balaban J connectivity index is 1.55. The lowest BCUT2D eigenvalue weighted by Crippen LogP contribution is -2.23. The summed E-state index contributed by atoms with van der Waals surface area (Å²) in [6.07, 6.45) is 3.47. The minimum atomic E-state index is 0.0427. The number of carbonyl (C=O) groups excluding carboxylic acids is 1. The third-order valence-electron chi connectivity index (χ3n) is 4.87. The van der Waals surface area contributed by atoms with E-state index in [0.29, 0.717) is 19.6 Å². The molecule has 0 atom stereocenters. The van der Waals surface area contributed by atoms with Crippen molar-refractivity contribution in [3.8, 4) is 5.75 Å². The van der Waals surface area contributed by atoms with Gasteiger partial charge in [-0.05, 0) is 49.1 Å². The van der Waals surface area contributed by atoms with Gasteiger partial charge in [0.25, 0.3) is 0 Å². The van der Waals surface area contributed by atoms with Gasteiger partial charge in [-0.25, -0.2) is 4.98 Å². The third kappa shape index (κ3) is 5.12. The number of fused-ring (bicyclic) bond motifs is 1. The molecule has 0 unspecified atom stereocenters. The number of para-hydroxylation sites is 2. The molecule has 1 aromatic heterocycles. The fourth-order valence-corrected chi connectivity index (χ4v) is 3.20. The van der Waals surface area contributed by atoms with Crippen molar-refractivity contribution in [2.45, 2.75) is 52.6 Å². The summed E-state index contributed by atoms with van der Waals surface area (Å²) in [5, 5.41) is 2.94. The first-order valence-corrected chi connectivity index (χ1v) is 10.1. The van der Waals surface area contributed by atoms with Gasteiger partial charge in [-0.3, -0.25) is 4.79 Å². The number of aryl methyl sites for hydroxylation is 2. The van der Waals surface area contributed by atoms with Crippen molar-refractivity contribution < 1.29 is 9.53 Å². The number of imidazole rings is 1. The molecule has 0 spiro atoms. The first-order valence-electron chi connectivity index (χ1n) is 10.1. The number of unbranched alkanes of at least 4 members (excludes halogenated alkanes) is 1. The molecule has 0 bridgehead atoms. The van der Waals surface area contributed by atoms with Crippen LogP contribution in [-0.2, 0) is 24.3 Å². The molecule has 5 heteroatoms. The molecule has 0 fully saturated rings. The lowest BCUT2D eigenvalue weighted by molar-refractivity contribution is -0.120. The zero-order valence-electron chi connectivity index (χ0n) is 16.8. The van der Waals surface area contributed by atoms with Crippen molar-refractivity contribution in [3.05, 3.63) is 59.9 Å². The summed E-state index contributed by atoms with van der Waals surface area (Å²) >= 11 is 0.